The van der Waals surface area contributed by atoms with Gasteiger partial charge in [0.15, 0.2) is 5.96 Å². The van der Waals surface area contributed by atoms with Crippen molar-refractivity contribution in [2.24, 2.45) is 10.9 Å². The lowest BCUT2D eigenvalue weighted by molar-refractivity contribution is 0.160. The van der Waals surface area contributed by atoms with Crippen LogP contribution in [0.5, 0.6) is 0 Å². The second-order valence-corrected chi connectivity index (χ2v) is 10.2. The lowest BCUT2D eigenvalue weighted by atomic mass is 9.88. The number of rotatable bonds is 9. The van der Waals surface area contributed by atoms with Crippen molar-refractivity contribution in [3.05, 3.63) is 0 Å². The minimum atomic E-state index is -3.20. The fourth-order valence-corrected chi connectivity index (χ4v) is 5.83. The Hall–Kier alpha value is -0.860. The number of sulfonamides is 1. The number of nitrogens with zero attached hydrogens (tertiary/aromatic N) is 3. The van der Waals surface area contributed by atoms with Crippen molar-refractivity contribution in [2.75, 3.05) is 52.1 Å². The first kappa shape index (κ1) is 23.4. The SMILES string of the molecule is CCN(CC)S(=O)(=O)CCNC(=NC)NC1CCN(CC2CCCCC2)CC1. The maximum Gasteiger partial charge on any atom is 0.215 e. The number of hydrogen-bond donors (Lipinski definition) is 2. The summed E-state index contributed by atoms with van der Waals surface area (Å²) >= 11 is 0. The Morgan fingerprint density at radius 2 is 1.71 bits per heavy atom. The summed E-state index contributed by atoms with van der Waals surface area (Å²) in [6.07, 6.45) is 9.29. The van der Waals surface area contributed by atoms with Crippen molar-refractivity contribution in [1.29, 1.82) is 0 Å². The summed E-state index contributed by atoms with van der Waals surface area (Å²) in [7, 11) is -1.46. The number of hydrogen-bond acceptors (Lipinski definition) is 4. The van der Waals surface area contributed by atoms with Crippen molar-refractivity contribution >= 4 is 16.0 Å². The highest BCUT2D eigenvalue weighted by Gasteiger charge is 2.23. The van der Waals surface area contributed by atoms with E-state index in [0.717, 1.165) is 31.8 Å². The van der Waals surface area contributed by atoms with Crippen LogP contribution >= 0.6 is 0 Å². The zero-order valence-electron chi connectivity index (χ0n) is 18.1. The van der Waals surface area contributed by atoms with Gasteiger partial charge >= 0.3 is 0 Å². The van der Waals surface area contributed by atoms with Crippen LogP contribution in [0.3, 0.4) is 0 Å². The molecule has 2 aliphatic rings. The first-order valence-corrected chi connectivity index (χ1v) is 12.8. The molecule has 0 aromatic rings. The second-order valence-electron chi connectivity index (χ2n) is 8.12. The van der Waals surface area contributed by atoms with Crippen LogP contribution in [0.2, 0.25) is 0 Å². The normalized spacial score (nSPS) is 21.2. The van der Waals surface area contributed by atoms with E-state index in [1.165, 1.54) is 43.0 Å². The molecule has 0 unspecified atom stereocenters. The average Bonchev–Trinajstić information content (AvgIpc) is 2.70. The van der Waals surface area contributed by atoms with Gasteiger partial charge in [-0.05, 0) is 31.6 Å². The van der Waals surface area contributed by atoms with Gasteiger partial charge in [0.05, 0.1) is 5.75 Å². The third-order valence-corrected chi connectivity index (χ3v) is 8.17. The van der Waals surface area contributed by atoms with Gasteiger partial charge in [-0.1, -0.05) is 33.1 Å². The van der Waals surface area contributed by atoms with Gasteiger partial charge in [-0.15, -0.1) is 0 Å². The van der Waals surface area contributed by atoms with E-state index in [4.69, 9.17) is 0 Å². The van der Waals surface area contributed by atoms with E-state index in [1.54, 1.807) is 7.05 Å². The molecule has 1 heterocycles. The van der Waals surface area contributed by atoms with Crippen molar-refractivity contribution in [1.82, 2.24) is 19.8 Å². The van der Waals surface area contributed by atoms with Crippen LogP contribution < -0.4 is 10.6 Å². The number of guanidine groups is 1. The Balaban J connectivity index is 1.68. The summed E-state index contributed by atoms with van der Waals surface area (Å²) in [6.45, 7) is 8.70. The number of nitrogens with one attached hydrogen (secondary N) is 2. The molecule has 0 amide bonds. The molecule has 1 aliphatic heterocycles. The van der Waals surface area contributed by atoms with E-state index in [1.807, 2.05) is 13.8 Å². The highest BCUT2D eigenvalue weighted by molar-refractivity contribution is 7.89. The Labute approximate surface area is 172 Å². The van der Waals surface area contributed by atoms with E-state index in [0.29, 0.717) is 31.6 Å². The van der Waals surface area contributed by atoms with Crippen LogP contribution in [0.25, 0.3) is 0 Å². The predicted octanol–water partition coefficient (Wildman–Crippen LogP) is 1.87. The van der Waals surface area contributed by atoms with Crippen molar-refractivity contribution < 1.29 is 8.42 Å². The first-order valence-electron chi connectivity index (χ1n) is 11.2. The Bertz CT molecular complexity index is 563. The Morgan fingerprint density at radius 3 is 2.29 bits per heavy atom. The molecule has 1 saturated heterocycles. The van der Waals surface area contributed by atoms with Crippen LogP contribution in [0, 0.1) is 5.92 Å². The van der Waals surface area contributed by atoms with Crippen molar-refractivity contribution in [3.8, 4) is 0 Å². The number of likely N-dealkylation sites (tertiary alicyclic amines) is 1. The summed E-state index contributed by atoms with van der Waals surface area (Å²) in [5, 5.41) is 6.65. The molecule has 0 aromatic heterocycles. The summed E-state index contributed by atoms with van der Waals surface area (Å²) in [5.41, 5.74) is 0. The molecule has 8 heteroatoms. The largest absolute Gasteiger partial charge is 0.355 e. The Morgan fingerprint density at radius 1 is 1.07 bits per heavy atom. The smallest absolute Gasteiger partial charge is 0.215 e. The zero-order valence-corrected chi connectivity index (χ0v) is 18.9. The number of piperidine rings is 1. The van der Waals surface area contributed by atoms with Crippen LogP contribution in [-0.4, -0.2) is 81.7 Å². The molecule has 0 atom stereocenters. The highest BCUT2D eigenvalue weighted by Crippen LogP contribution is 2.25. The third-order valence-electron chi connectivity index (χ3n) is 6.14. The minimum Gasteiger partial charge on any atom is -0.355 e. The summed E-state index contributed by atoms with van der Waals surface area (Å²) in [4.78, 5) is 6.90. The standard InChI is InChI=1S/C20H41N5O2S/c1-4-25(5-2)28(26,27)16-13-22-20(21-3)23-19-11-14-24(15-12-19)17-18-9-7-6-8-10-18/h18-19H,4-17H2,1-3H3,(H2,21,22,23). The number of aliphatic imine (C=N–C) groups is 1. The molecule has 0 spiro atoms. The fourth-order valence-electron chi connectivity index (χ4n) is 4.43. The monoisotopic (exact) mass is 415 g/mol. The summed E-state index contributed by atoms with van der Waals surface area (Å²) in [6, 6.07) is 0.410. The van der Waals surface area contributed by atoms with E-state index in [2.05, 4.69) is 20.5 Å². The lowest BCUT2D eigenvalue weighted by Gasteiger charge is -2.36. The second kappa shape index (κ2) is 12.0. The molecule has 0 aromatic carbocycles. The van der Waals surface area contributed by atoms with E-state index >= 15 is 0 Å². The van der Waals surface area contributed by atoms with Crippen LogP contribution in [0.4, 0.5) is 0 Å². The van der Waals surface area contributed by atoms with Gasteiger partial charge in [-0.3, -0.25) is 4.99 Å². The van der Waals surface area contributed by atoms with E-state index < -0.39 is 10.0 Å². The fraction of sp³-hybridized carbons (Fsp3) is 0.950. The third kappa shape index (κ3) is 7.52. The van der Waals surface area contributed by atoms with Gasteiger partial charge < -0.3 is 15.5 Å². The molecule has 0 radical (unpaired) electrons. The molecule has 7 nitrogen and oxygen atoms in total. The topological polar surface area (TPSA) is 77.0 Å². The Kier molecular flexibility index (Phi) is 10.0. The van der Waals surface area contributed by atoms with Gasteiger partial charge in [0.2, 0.25) is 10.0 Å². The van der Waals surface area contributed by atoms with Crippen LogP contribution in [0.1, 0.15) is 58.8 Å². The molecule has 0 bridgehead atoms. The predicted molar refractivity (Wildman–Crippen MR) is 117 cm³/mol. The molecule has 1 saturated carbocycles. The minimum absolute atomic E-state index is 0.0925. The summed E-state index contributed by atoms with van der Waals surface area (Å²) < 4.78 is 26.1. The highest BCUT2D eigenvalue weighted by atomic mass is 32.2. The quantitative estimate of drug-likeness (QED) is 0.444. The van der Waals surface area contributed by atoms with Gasteiger partial charge in [-0.25, -0.2) is 12.7 Å². The van der Waals surface area contributed by atoms with E-state index in [-0.39, 0.29) is 5.75 Å². The average molecular weight is 416 g/mol. The van der Waals surface area contributed by atoms with E-state index in [9.17, 15) is 8.42 Å². The molecular weight excluding hydrogens is 374 g/mol. The summed E-state index contributed by atoms with van der Waals surface area (Å²) in [5.74, 6) is 1.70. The van der Waals surface area contributed by atoms with Crippen molar-refractivity contribution in [3.63, 3.8) is 0 Å². The molecular formula is C20H41N5O2S. The molecule has 2 rings (SSSR count). The van der Waals surface area contributed by atoms with Gasteiger partial charge in [-0.2, -0.15) is 0 Å². The zero-order chi connectivity index (χ0) is 20.4. The first-order chi connectivity index (χ1) is 13.5. The maximum absolute atomic E-state index is 12.3. The van der Waals surface area contributed by atoms with Gasteiger partial charge in [0.1, 0.15) is 0 Å². The van der Waals surface area contributed by atoms with Crippen LogP contribution in [-0.2, 0) is 10.0 Å². The lowest BCUT2D eigenvalue weighted by Crippen LogP contribution is -2.50. The van der Waals surface area contributed by atoms with Gasteiger partial charge in [0.25, 0.3) is 0 Å². The molecule has 2 fully saturated rings. The molecule has 164 valence electrons. The van der Waals surface area contributed by atoms with Gasteiger partial charge in [0, 0.05) is 52.4 Å². The maximum atomic E-state index is 12.3. The van der Waals surface area contributed by atoms with Crippen LogP contribution in [0.15, 0.2) is 4.99 Å². The molecule has 28 heavy (non-hydrogen) atoms. The van der Waals surface area contributed by atoms with Crippen molar-refractivity contribution in [2.45, 2.75) is 64.8 Å². The molecule has 2 N–H and O–H groups in total. The molecule has 1 aliphatic carbocycles.